The number of nitrogens with zero attached hydrogens (tertiary/aromatic N) is 4. The van der Waals surface area contributed by atoms with Crippen molar-refractivity contribution in [1.82, 2.24) is 9.97 Å². The molecular weight excluding hydrogens is 480 g/mol. The summed E-state index contributed by atoms with van der Waals surface area (Å²) in [4.78, 5) is 14.3. The highest BCUT2D eigenvalue weighted by Crippen LogP contribution is 2.24. The molecule has 186 valence electrons. The number of benzene rings is 2. The summed E-state index contributed by atoms with van der Waals surface area (Å²) >= 11 is 0. The lowest BCUT2D eigenvalue weighted by Crippen LogP contribution is -2.27. The Labute approximate surface area is 223 Å². The minimum atomic E-state index is 0.867. The second kappa shape index (κ2) is 14.0. The van der Waals surface area contributed by atoms with Gasteiger partial charge in [0.2, 0.25) is 0 Å². The maximum atomic E-state index is 4.78. The molecule has 0 aliphatic heterocycles. The Morgan fingerprint density at radius 1 is 0.528 bits per heavy atom. The van der Waals surface area contributed by atoms with Gasteiger partial charge in [-0.05, 0) is 49.2 Å². The molecule has 36 heavy (non-hydrogen) atoms. The highest BCUT2D eigenvalue weighted by molar-refractivity contribution is 8.76. The fraction of sp³-hybridized carbons (Fsp3) is 0.267. The Balaban J connectivity index is 1.30. The molecule has 0 spiro atoms. The van der Waals surface area contributed by atoms with E-state index in [9.17, 15) is 0 Å². The molecule has 0 aliphatic carbocycles. The van der Waals surface area contributed by atoms with Gasteiger partial charge in [-0.15, -0.1) is 0 Å². The van der Waals surface area contributed by atoms with Gasteiger partial charge in [0.1, 0.15) is 11.6 Å². The summed E-state index contributed by atoms with van der Waals surface area (Å²) in [5.41, 5.74) is 4.72. The topological polar surface area (TPSA) is 32.3 Å². The van der Waals surface area contributed by atoms with Gasteiger partial charge in [-0.1, -0.05) is 94.4 Å². The number of hydrogen-bond donors (Lipinski definition) is 0. The lowest BCUT2D eigenvalue weighted by molar-refractivity contribution is 0.815. The lowest BCUT2D eigenvalue weighted by atomic mass is 10.2. The van der Waals surface area contributed by atoms with Crippen LogP contribution in [0.15, 0.2) is 97.1 Å². The SMILES string of the molecule is Cc1cccc(N(CCSSCCN(Cc2ccccc2)c2cccc(C)n2)Cc2ccccc2)n1. The van der Waals surface area contributed by atoms with E-state index < -0.39 is 0 Å². The van der Waals surface area contributed by atoms with Gasteiger partial charge in [-0.2, -0.15) is 0 Å². The predicted molar refractivity (Wildman–Crippen MR) is 158 cm³/mol. The molecule has 0 fully saturated rings. The summed E-state index contributed by atoms with van der Waals surface area (Å²) in [5.74, 6) is 4.16. The van der Waals surface area contributed by atoms with Gasteiger partial charge in [0.15, 0.2) is 0 Å². The van der Waals surface area contributed by atoms with Gasteiger partial charge in [-0.3, -0.25) is 0 Å². The Hall–Kier alpha value is -2.96. The third kappa shape index (κ3) is 8.32. The third-order valence-electron chi connectivity index (χ3n) is 5.80. The number of anilines is 2. The highest BCUT2D eigenvalue weighted by Gasteiger charge is 2.11. The number of aryl methyl sites for hydroxylation is 2. The largest absolute Gasteiger partial charge is 0.351 e. The Bertz CT molecular complexity index is 1090. The average molecular weight is 515 g/mol. The van der Waals surface area contributed by atoms with Gasteiger partial charge in [0.25, 0.3) is 0 Å². The first-order chi connectivity index (χ1) is 17.7. The van der Waals surface area contributed by atoms with Crippen molar-refractivity contribution in [3.8, 4) is 0 Å². The van der Waals surface area contributed by atoms with E-state index in [1.807, 2.05) is 21.6 Å². The molecule has 0 saturated carbocycles. The summed E-state index contributed by atoms with van der Waals surface area (Å²) in [6.45, 7) is 7.75. The molecule has 2 aromatic heterocycles. The molecule has 4 nitrogen and oxygen atoms in total. The molecule has 0 N–H and O–H groups in total. The van der Waals surface area contributed by atoms with Crippen molar-refractivity contribution in [1.29, 1.82) is 0 Å². The smallest absolute Gasteiger partial charge is 0.129 e. The maximum Gasteiger partial charge on any atom is 0.129 e. The fourth-order valence-electron chi connectivity index (χ4n) is 3.98. The maximum absolute atomic E-state index is 4.78. The summed E-state index contributed by atoms with van der Waals surface area (Å²) in [6, 6.07) is 33.8. The third-order valence-corrected chi connectivity index (χ3v) is 8.17. The number of rotatable bonds is 13. The van der Waals surface area contributed by atoms with Crippen LogP contribution in [0.2, 0.25) is 0 Å². The zero-order valence-corrected chi connectivity index (χ0v) is 22.7. The zero-order valence-electron chi connectivity index (χ0n) is 21.1. The minimum absolute atomic E-state index is 0.867. The van der Waals surface area contributed by atoms with Crippen LogP contribution >= 0.6 is 21.6 Å². The van der Waals surface area contributed by atoms with Gasteiger partial charge >= 0.3 is 0 Å². The van der Waals surface area contributed by atoms with Crippen LogP contribution < -0.4 is 9.80 Å². The number of aromatic nitrogens is 2. The molecule has 4 aromatic rings. The van der Waals surface area contributed by atoms with E-state index in [1.165, 1.54) is 11.1 Å². The molecule has 0 radical (unpaired) electrons. The molecule has 0 amide bonds. The molecule has 0 aliphatic rings. The van der Waals surface area contributed by atoms with Crippen LogP contribution in [-0.2, 0) is 13.1 Å². The average Bonchev–Trinajstić information content (AvgIpc) is 2.90. The van der Waals surface area contributed by atoms with E-state index in [0.29, 0.717) is 0 Å². The van der Waals surface area contributed by atoms with Crippen molar-refractivity contribution >= 4 is 33.2 Å². The van der Waals surface area contributed by atoms with Crippen LogP contribution in [0.1, 0.15) is 22.5 Å². The van der Waals surface area contributed by atoms with Crippen molar-refractivity contribution in [2.45, 2.75) is 26.9 Å². The molecule has 4 rings (SSSR count). The first-order valence-electron chi connectivity index (χ1n) is 12.4. The Morgan fingerprint density at radius 2 is 0.944 bits per heavy atom. The van der Waals surface area contributed by atoms with Crippen LogP contribution in [0.25, 0.3) is 0 Å². The second-order valence-electron chi connectivity index (χ2n) is 8.73. The van der Waals surface area contributed by atoms with Gasteiger partial charge in [0, 0.05) is 49.1 Å². The number of pyridine rings is 2. The summed E-state index contributed by atoms with van der Waals surface area (Å²) in [6.07, 6.45) is 0. The van der Waals surface area contributed by atoms with Crippen LogP contribution in [0.3, 0.4) is 0 Å². The number of hydrogen-bond acceptors (Lipinski definition) is 6. The van der Waals surface area contributed by atoms with Crippen molar-refractivity contribution < 1.29 is 0 Å². The molecule has 2 heterocycles. The molecule has 0 saturated heterocycles. The Kier molecular flexibility index (Phi) is 10.1. The van der Waals surface area contributed by atoms with Crippen molar-refractivity contribution in [2.24, 2.45) is 0 Å². The molecule has 0 atom stereocenters. The fourth-order valence-corrected chi connectivity index (χ4v) is 5.96. The molecule has 2 aromatic carbocycles. The van der Waals surface area contributed by atoms with Gasteiger partial charge in [-0.25, -0.2) is 9.97 Å². The van der Waals surface area contributed by atoms with Gasteiger partial charge in [0.05, 0.1) is 0 Å². The first-order valence-corrected chi connectivity index (χ1v) is 14.9. The summed E-state index contributed by atoms with van der Waals surface area (Å²) in [5, 5.41) is 0. The van der Waals surface area contributed by atoms with E-state index >= 15 is 0 Å². The second-order valence-corrected chi connectivity index (χ2v) is 11.4. The standard InChI is InChI=1S/C30H34N4S2/c1-25-11-9-17-29(31-25)33(23-27-13-5-3-6-14-27)19-21-35-36-22-20-34(24-28-15-7-4-8-16-28)30-18-10-12-26(2)32-30/h3-18H,19-24H2,1-2H3. The van der Waals surface area contributed by atoms with Crippen LogP contribution in [0.5, 0.6) is 0 Å². The monoisotopic (exact) mass is 514 g/mol. The molecule has 0 bridgehead atoms. The summed E-state index contributed by atoms with van der Waals surface area (Å²) < 4.78 is 0. The van der Waals surface area contributed by atoms with E-state index in [2.05, 4.69) is 121 Å². The highest BCUT2D eigenvalue weighted by atomic mass is 33.1. The normalized spacial score (nSPS) is 10.8. The van der Waals surface area contributed by atoms with Crippen molar-refractivity contribution in [3.63, 3.8) is 0 Å². The van der Waals surface area contributed by atoms with E-state index in [4.69, 9.17) is 9.97 Å². The zero-order chi connectivity index (χ0) is 25.0. The van der Waals surface area contributed by atoms with E-state index in [-0.39, 0.29) is 0 Å². The quantitative estimate of drug-likeness (QED) is 0.139. The van der Waals surface area contributed by atoms with Crippen LogP contribution in [0, 0.1) is 13.8 Å². The molecule has 0 unspecified atom stereocenters. The minimum Gasteiger partial charge on any atom is -0.351 e. The Morgan fingerprint density at radius 3 is 1.33 bits per heavy atom. The van der Waals surface area contributed by atoms with Crippen LogP contribution in [0.4, 0.5) is 11.6 Å². The van der Waals surface area contributed by atoms with Crippen molar-refractivity contribution in [2.75, 3.05) is 34.4 Å². The van der Waals surface area contributed by atoms with Crippen LogP contribution in [-0.4, -0.2) is 34.6 Å². The predicted octanol–water partition coefficient (Wildman–Crippen LogP) is 7.19. The molecular formula is C30H34N4S2. The van der Waals surface area contributed by atoms with E-state index in [1.54, 1.807) is 0 Å². The lowest BCUT2D eigenvalue weighted by Gasteiger charge is -2.25. The van der Waals surface area contributed by atoms with Crippen molar-refractivity contribution in [3.05, 3.63) is 120 Å². The van der Waals surface area contributed by atoms with Gasteiger partial charge < -0.3 is 9.80 Å². The first kappa shape index (κ1) is 26.1. The summed E-state index contributed by atoms with van der Waals surface area (Å²) in [7, 11) is 3.88. The van der Waals surface area contributed by atoms with E-state index in [0.717, 1.165) is 60.7 Å². The molecule has 6 heteroatoms.